The van der Waals surface area contributed by atoms with Crippen LogP contribution in [0.5, 0.6) is 0 Å². The van der Waals surface area contributed by atoms with Gasteiger partial charge in [0.15, 0.2) is 5.78 Å². The molecule has 0 unspecified atom stereocenters. The minimum Gasteiger partial charge on any atom is -0.398 e. The van der Waals surface area contributed by atoms with Crippen molar-refractivity contribution < 1.29 is 4.79 Å². The molecule has 0 heterocycles. The Labute approximate surface area is 127 Å². The van der Waals surface area contributed by atoms with Crippen molar-refractivity contribution in [2.45, 2.75) is 62.3 Å². The number of carbonyl (C=O) groups excluding carboxylic acids is 1. The molecule has 0 spiro atoms. The minimum absolute atomic E-state index is 0.0600. The summed E-state index contributed by atoms with van der Waals surface area (Å²) in [5.41, 5.74) is 9.22. The van der Waals surface area contributed by atoms with E-state index in [2.05, 4.69) is 13.2 Å². The van der Waals surface area contributed by atoms with Crippen LogP contribution in [0, 0.1) is 13.8 Å². The smallest absolute Gasteiger partial charge is 0.159 e. The van der Waals surface area contributed by atoms with Gasteiger partial charge >= 0.3 is 0 Å². The Morgan fingerprint density at radius 3 is 1.55 bits per heavy atom. The van der Waals surface area contributed by atoms with Gasteiger partial charge in [-0.15, -0.1) is 13.2 Å². The molecule has 0 radical (unpaired) electrons. The van der Waals surface area contributed by atoms with E-state index >= 15 is 0 Å². The van der Waals surface area contributed by atoms with Gasteiger partial charge in [-0.2, -0.15) is 0 Å². The normalized spacial score (nSPS) is 7.05. The molecule has 2 nitrogen and oxygen atoms in total. The molecule has 0 aliphatic carbocycles. The number of aryl methyl sites for hydroxylation is 1. The van der Waals surface area contributed by atoms with Crippen molar-refractivity contribution in [2.24, 2.45) is 0 Å². The number of benzene rings is 1. The van der Waals surface area contributed by atoms with Crippen molar-refractivity contribution in [3.8, 4) is 0 Å². The molecule has 1 aromatic carbocycles. The molecule has 0 amide bonds. The second-order valence-electron chi connectivity index (χ2n) is 3.06. The van der Waals surface area contributed by atoms with Crippen molar-refractivity contribution in [3.05, 3.63) is 42.0 Å². The SMILES string of the molecule is C=C.CC.CC.CC.CC(=O)c1cc(C)c(C)c(N)c1. The quantitative estimate of drug-likeness (QED) is 0.391. The van der Waals surface area contributed by atoms with E-state index in [9.17, 15) is 4.79 Å². The van der Waals surface area contributed by atoms with Gasteiger partial charge in [0, 0.05) is 11.3 Å². The first-order valence-corrected chi connectivity index (χ1v) is 7.40. The maximum atomic E-state index is 11.0. The molecular formula is C18H35NO. The van der Waals surface area contributed by atoms with Gasteiger partial charge in [-0.25, -0.2) is 0 Å². The van der Waals surface area contributed by atoms with Crippen LogP contribution in [-0.4, -0.2) is 5.78 Å². The summed E-state index contributed by atoms with van der Waals surface area (Å²) in [7, 11) is 0. The summed E-state index contributed by atoms with van der Waals surface area (Å²) in [6, 6.07) is 3.60. The van der Waals surface area contributed by atoms with Crippen molar-refractivity contribution in [3.63, 3.8) is 0 Å². The average molecular weight is 281 g/mol. The second kappa shape index (κ2) is 19.8. The zero-order valence-corrected chi connectivity index (χ0v) is 15.1. The summed E-state index contributed by atoms with van der Waals surface area (Å²) >= 11 is 0. The molecule has 2 N–H and O–H groups in total. The zero-order valence-electron chi connectivity index (χ0n) is 15.1. The monoisotopic (exact) mass is 281 g/mol. The molecule has 0 aliphatic heterocycles. The first-order chi connectivity index (χ1) is 9.52. The fourth-order valence-electron chi connectivity index (χ4n) is 1.09. The lowest BCUT2D eigenvalue weighted by Crippen LogP contribution is -1.98. The highest BCUT2D eigenvalue weighted by Gasteiger charge is 2.04. The van der Waals surface area contributed by atoms with E-state index in [4.69, 9.17) is 5.73 Å². The molecule has 0 saturated carbocycles. The summed E-state index contributed by atoms with van der Waals surface area (Å²) in [5, 5.41) is 0. The van der Waals surface area contributed by atoms with E-state index in [0.29, 0.717) is 11.3 Å². The second-order valence-corrected chi connectivity index (χ2v) is 3.06. The zero-order chi connectivity index (χ0) is 17.3. The topological polar surface area (TPSA) is 43.1 Å². The van der Waals surface area contributed by atoms with Crippen molar-refractivity contribution in [2.75, 3.05) is 5.73 Å². The number of ketones is 1. The van der Waals surface area contributed by atoms with E-state index in [0.717, 1.165) is 11.1 Å². The molecule has 1 rings (SSSR count). The van der Waals surface area contributed by atoms with Gasteiger partial charge in [0.2, 0.25) is 0 Å². The number of rotatable bonds is 1. The van der Waals surface area contributed by atoms with Crippen LogP contribution in [0.1, 0.15) is 70.0 Å². The Morgan fingerprint density at radius 1 is 0.950 bits per heavy atom. The number of hydrogen-bond acceptors (Lipinski definition) is 2. The van der Waals surface area contributed by atoms with Gasteiger partial charge in [0.1, 0.15) is 0 Å². The van der Waals surface area contributed by atoms with E-state index < -0.39 is 0 Å². The average Bonchev–Trinajstić information content (AvgIpc) is 2.52. The Morgan fingerprint density at radius 2 is 1.30 bits per heavy atom. The van der Waals surface area contributed by atoms with Gasteiger partial charge in [0.05, 0.1) is 0 Å². The van der Waals surface area contributed by atoms with Crippen molar-refractivity contribution in [1.82, 2.24) is 0 Å². The number of anilines is 1. The highest BCUT2D eigenvalue weighted by molar-refractivity contribution is 5.95. The molecule has 0 aliphatic rings. The molecule has 1 aromatic rings. The van der Waals surface area contributed by atoms with Crippen LogP contribution < -0.4 is 5.73 Å². The van der Waals surface area contributed by atoms with E-state index in [1.807, 2.05) is 61.5 Å². The van der Waals surface area contributed by atoms with Crippen LogP contribution in [0.25, 0.3) is 0 Å². The van der Waals surface area contributed by atoms with Gasteiger partial charge in [-0.05, 0) is 44.0 Å². The molecule has 0 aromatic heterocycles. The molecule has 118 valence electrons. The van der Waals surface area contributed by atoms with E-state index in [-0.39, 0.29) is 5.78 Å². The summed E-state index contributed by atoms with van der Waals surface area (Å²) in [4.78, 5) is 11.0. The van der Waals surface area contributed by atoms with Gasteiger partial charge in [0.25, 0.3) is 0 Å². The Balaban J connectivity index is -0.000000138. The van der Waals surface area contributed by atoms with Crippen LogP contribution in [0.2, 0.25) is 0 Å². The number of nitrogen functional groups attached to an aromatic ring is 1. The summed E-state index contributed by atoms with van der Waals surface area (Å²) in [6.07, 6.45) is 0. The van der Waals surface area contributed by atoms with Crippen LogP contribution in [-0.2, 0) is 0 Å². The van der Waals surface area contributed by atoms with E-state index in [1.54, 1.807) is 13.0 Å². The predicted molar refractivity (Wildman–Crippen MR) is 95.6 cm³/mol. The fourth-order valence-corrected chi connectivity index (χ4v) is 1.09. The first kappa shape index (κ1) is 26.9. The molecule has 20 heavy (non-hydrogen) atoms. The van der Waals surface area contributed by atoms with Crippen LogP contribution in [0.4, 0.5) is 5.69 Å². The van der Waals surface area contributed by atoms with Crippen LogP contribution >= 0.6 is 0 Å². The number of nitrogens with two attached hydrogens (primary N) is 1. The predicted octanol–water partition coefficient (Wildman–Crippen LogP) is 5.97. The van der Waals surface area contributed by atoms with Crippen molar-refractivity contribution >= 4 is 11.5 Å². The lowest BCUT2D eigenvalue weighted by Gasteiger charge is -2.05. The number of hydrogen-bond donors (Lipinski definition) is 1. The third-order valence-electron chi connectivity index (χ3n) is 2.11. The van der Waals surface area contributed by atoms with Crippen LogP contribution in [0.3, 0.4) is 0 Å². The highest BCUT2D eigenvalue weighted by Crippen LogP contribution is 2.18. The number of carbonyl (C=O) groups is 1. The highest BCUT2D eigenvalue weighted by atomic mass is 16.1. The third-order valence-corrected chi connectivity index (χ3v) is 2.11. The molecule has 0 atom stereocenters. The van der Waals surface area contributed by atoms with Gasteiger partial charge in [-0.3, -0.25) is 4.79 Å². The summed E-state index contributed by atoms with van der Waals surface area (Å²) < 4.78 is 0. The van der Waals surface area contributed by atoms with Gasteiger partial charge in [-0.1, -0.05) is 41.5 Å². The standard InChI is InChI=1S/C10H13NO.3C2H6.C2H4/c1-6-4-9(8(3)12)5-10(11)7(6)2;4*1-2/h4-5H,11H2,1-3H3;3*1-2H3;1-2H2. The van der Waals surface area contributed by atoms with Crippen LogP contribution in [0.15, 0.2) is 25.3 Å². The molecule has 0 saturated heterocycles. The molecule has 2 heteroatoms. The summed E-state index contributed by atoms with van der Waals surface area (Å²) in [5.74, 6) is 0.0600. The van der Waals surface area contributed by atoms with Gasteiger partial charge < -0.3 is 5.73 Å². The lowest BCUT2D eigenvalue weighted by molar-refractivity contribution is 0.101. The Bertz CT molecular complexity index is 320. The van der Waals surface area contributed by atoms with Crippen molar-refractivity contribution in [1.29, 1.82) is 0 Å². The maximum Gasteiger partial charge on any atom is 0.159 e. The Kier molecular flexibility index (Phi) is 26.6. The summed E-state index contributed by atoms with van der Waals surface area (Å²) in [6.45, 7) is 23.5. The number of Topliss-reactive ketones (excluding diaryl/α,β-unsaturated/α-hetero) is 1. The minimum atomic E-state index is 0.0600. The maximum absolute atomic E-state index is 11.0. The Hall–Kier alpha value is -1.57. The fraction of sp³-hybridized carbons (Fsp3) is 0.500. The lowest BCUT2D eigenvalue weighted by atomic mass is 10.0. The largest absolute Gasteiger partial charge is 0.398 e. The first-order valence-electron chi connectivity index (χ1n) is 7.40. The molecule has 0 bridgehead atoms. The van der Waals surface area contributed by atoms with E-state index in [1.165, 1.54) is 0 Å². The molecular weight excluding hydrogens is 246 g/mol. The molecule has 0 fully saturated rings. The third kappa shape index (κ3) is 11.5.